The Morgan fingerprint density at radius 3 is 3.00 bits per heavy atom. The number of nitrogens with one attached hydrogen (secondary N) is 1. The molecule has 4 nitrogen and oxygen atoms in total. The molecule has 1 aliphatic carbocycles. The van der Waals surface area contributed by atoms with Gasteiger partial charge >= 0.3 is 0 Å². The minimum Gasteiger partial charge on any atom is -0.338 e. The maximum Gasteiger partial charge on any atom is 0.240 e. The van der Waals surface area contributed by atoms with Crippen LogP contribution in [0.2, 0.25) is 0 Å². The molecule has 20 heavy (non-hydrogen) atoms. The summed E-state index contributed by atoms with van der Waals surface area (Å²) in [4.78, 5) is 5.68. The molecule has 1 N–H and O–H groups in total. The molecule has 0 unspecified atom stereocenters. The SMILES string of the molecule is Cc1ccccc1SCc1noc(CNCC2CC2)n1. The van der Waals surface area contributed by atoms with Gasteiger partial charge in [0.05, 0.1) is 12.3 Å². The zero-order valence-electron chi connectivity index (χ0n) is 11.6. The van der Waals surface area contributed by atoms with Gasteiger partial charge in [-0.1, -0.05) is 23.4 Å². The summed E-state index contributed by atoms with van der Waals surface area (Å²) in [5.74, 6) is 3.07. The van der Waals surface area contributed by atoms with Crippen LogP contribution in [0, 0.1) is 12.8 Å². The summed E-state index contributed by atoms with van der Waals surface area (Å²) in [6.45, 7) is 3.86. The van der Waals surface area contributed by atoms with Crippen LogP contribution in [0.1, 0.15) is 30.1 Å². The van der Waals surface area contributed by atoms with Crippen LogP contribution < -0.4 is 5.32 Å². The lowest BCUT2D eigenvalue weighted by atomic mass is 10.2. The molecule has 1 aromatic carbocycles. The first kappa shape index (κ1) is 13.6. The van der Waals surface area contributed by atoms with Gasteiger partial charge in [0.15, 0.2) is 5.82 Å². The fraction of sp³-hybridized carbons (Fsp3) is 0.467. The second kappa shape index (κ2) is 6.41. The Morgan fingerprint density at radius 2 is 2.20 bits per heavy atom. The van der Waals surface area contributed by atoms with E-state index in [-0.39, 0.29) is 0 Å². The van der Waals surface area contributed by atoms with Crippen LogP contribution in [0.25, 0.3) is 0 Å². The largest absolute Gasteiger partial charge is 0.338 e. The smallest absolute Gasteiger partial charge is 0.240 e. The van der Waals surface area contributed by atoms with E-state index in [9.17, 15) is 0 Å². The molecule has 1 aliphatic rings. The fourth-order valence-electron chi connectivity index (χ4n) is 1.99. The topological polar surface area (TPSA) is 51.0 Å². The summed E-state index contributed by atoms with van der Waals surface area (Å²) in [6.07, 6.45) is 2.71. The van der Waals surface area contributed by atoms with Crippen LogP contribution >= 0.6 is 11.8 Å². The summed E-state index contributed by atoms with van der Waals surface area (Å²) >= 11 is 1.75. The Hall–Kier alpha value is -1.33. The van der Waals surface area contributed by atoms with E-state index in [0.717, 1.165) is 24.0 Å². The summed E-state index contributed by atoms with van der Waals surface area (Å²) in [6, 6.07) is 8.35. The number of aryl methyl sites for hydroxylation is 1. The van der Waals surface area contributed by atoms with E-state index in [1.165, 1.54) is 23.3 Å². The Bertz CT molecular complexity index is 566. The first-order valence-electron chi connectivity index (χ1n) is 7.02. The van der Waals surface area contributed by atoms with Gasteiger partial charge in [0.2, 0.25) is 5.89 Å². The van der Waals surface area contributed by atoms with Crippen LogP contribution in [-0.4, -0.2) is 16.7 Å². The van der Waals surface area contributed by atoms with Gasteiger partial charge < -0.3 is 9.84 Å². The lowest BCUT2D eigenvalue weighted by molar-refractivity contribution is 0.363. The van der Waals surface area contributed by atoms with Gasteiger partial charge in [0.25, 0.3) is 0 Å². The number of nitrogens with zero attached hydrogens (tertiary/aromatic N) is 2. The van der Waals surface area contributed by atoms with Crippen molar-refractivity contribution in [3.63, 3.8) is 0 Å². The maximum absolute atomic E-state index is 5.25. The summed E-state index contributed by atoms with van der Waals surface area (Å²) in [5, 5.41) is 7.38. The number of benzene rings is 1. The Labute approximate surface area is 123 Å². The first-order chi connectivity index (χ1) is 9.81. The zero-order valence-corrected chi connectivity index (χ0v) is 12.4. The van der Waals surface area contributed by atoms with Gasteiger partial charge in [-0.25, -0.2) is 0 Å². The van der Waals surface area contributed by atoms with Crippen molar-refractivity contribution >= 4 is 11.8 Å². The Morgan fingerprint density at radius 1 is 1.35 bits per heavy atom. The van der Waals surface area contributed by atoms with Crippen LogP contribution in [0.15, 0.2) is 33.7 Å². The van der Waals surface area contributed by atoms with E-state index in [4.69, 9.17) is 4.52 Å². The second-order valence-corrected chi connectivity index (χ2v) is 6.25. The van der Waals surface area contributed by atoms with Crippen molar-refractivity contribution in [3.05, 3.63) is 41.5 Å². The Balaban J connectivity index is 1.48. The predicted molar refractivity (Wildman–Crippen MR) is 79.5 cm³/mol. The highest BCUT2D eigenvalue weighted by atomic mass is 32.2. The van der Waals surface area contributed by atoms with Crippen LogP contribution in [0.3, 0.4) is 0 Å². The van der Waals surface area contributed by atoms with Gasteiger partial charge in [-0.05, 0) is 43.9 Å². The number of thioether (sulfide) groups is 1. The van der Waals surface area contributed by atoms with Crippen LogP contribution in [0.4, 0.5) is 0 Å². The van der Waals surface area contributed by atoms with Crippen molar-refractivity contribution in [1.29, 1.82) is 0 Å². The number of hydrogen-bond acceptors (Lipinski definition) is 5. The van der Waals surface area contributed by atoms with Crippen molar-refractivity contribution < 1.29 is 4.52 Å². The monoisotopic (exact) mass is 289 g/mol. The van der Waals surface area contributed by atoms with Gasteiger partial charge in [-0.3, -0.25) is 0 Å². The molecule has 2 aromatic rings. The van der Waals surface area contributed by atoms with Gasteiger partial charge in [-0.2, -0.15) is 4.98 Å². The lowest BCUT2D eigenvalue weighted by Gasteiger charge is -2.02. The molecule has 0 spiro atoms. The third-order valence-electron chi connectivity index (χ3n) is 3.37. The summed E-state index contributed by atoms with van der Waals surface area (Å²) in [5.41, 5.74) is 1.28. The average Bonchev–Trinajstić information content (AvgIpc) is 3.16. The maximum atomic E-state index is 5.25. The second-order valence-electron chi connectivity index (χ2n) is 5.23. The van der Waals surface area contributed by atoms with E-state index in [1.54, 1.807) is 11.8 Å². The molecule has 1 fully saturated rings. The molecule has 3 rings (SSSR count). The molecule has 0 radical (unpaired) electrons. The van der Waals surface area contributed by atoms with Crippen LogP contribution in [-0.2, 0) is 12.3 Å². The standard InChI is InChI=1S/C15H19N3OS/c1-11-4-2-3-5-13(11)20-10-14-17-15(19-18-14)9-16-8-12-6-7-12/h2-5,12,16H,6-10H2,1H3. The molecular formula is C15H19N3OS. The highest BCUT2D eigenvalue weighted by Gasteiger charge is 2.20. The van der Waals surface area contributed by atoms with Gasteiger partial charge in [0.1, 0.15) is 0 Å². The van der Waals surface area contributed by atoms with E-state index in [1.807, 2.05) is 0 Å². The fourth-order valence-corrected chi connectivity index (χ4v) is 2.86. The van der Waals surface area contributed by atoms with Crippen molar-refractivity contribution in [1.82, 2.24) is 15.5 Å². The molecule has 0 aliphatic heterocycles. The number of hydrogen-bond donors (Lipinski definition) is 1. The van der Waals surface area contributed by atoms with Crippen molar-refractivity contribution in [3.8, 4) is 0 Å². The molecule has 1 aromatic heterocycles. The quantitative estimate of drug-likeness (QED) is 0.793. The third kappa shape index (κ3) is 3.84. The average molecular weight is 289 g/mol. The van der Waals surface area contributed by atoms with E-state index in [2.05, 4.69) is 46.6 Å². The van der Waals surface area contributed by atoms with E-state index < -0.39 is 0 Å². The van der Waals surface area contributed by atoms with E-state index >= 15 is 0 Å². The normalized spacial score (nSPS) is 14.7. The summed E-state index contributed by atoms with van der Waals surface area (Å²) < 4.78 is 5.25. The molecule has 0 amide bonds. The Kier molecular flexibility index (Phi) is 4.38. The van der Waals surface area contributed by atoms with E-state index in [0.29, 0.717) is 12.4 Å². The van der Waals surface area contributed by atoms with Crippen LogP contribution in [0.5, 0.6) is 0 Å². The molecule has 5 heteroatoms. The molecule has 1 saturated carbocycles. The minimum absolute atomic E-state index is 0.679. The van der Waals surface area contributed by atoms with Crippen molar-refractivity contribution in [2.75, 3.05) is 6.54 Å². The van der Waals surface area contributed by atoms with Gasteiger partial charge in [0, 0.05) is 4.90 Å². The molecule has 1 heterocycles. The van der Waals surface area contributed by atoms with Crippen molar-refractivity contribution in [2.24, 2.45) is 5.92 Å². The summed E-state index contributed by atoms with van der Waals surface area (Å²) in [7, 11) is 0. The molecule has 0 atom stereocenters. The third-order valence-corrected chi connectivity index (χ3v) is 4.54. The predicted octanol–water partition coefficient (Wildman–Crippen LogP) is 3.17. The highest BCUT2D eigenvalue weighted by molar-refractivity contribution is 7.98. The number of aromatic nitrogens is 2. The molecule has 0 saturated heterocycles. The highest BCUT2D eigenvalue weighted by Crippen LogP contribution is 2.27. The molecular weight excluding hydrogens is 270 g/mol. The van der Waals surface area contributed by atoms with Gasteiger partial charge in [-0.15, -0.1) is 11.8 Å². The molecule has 106 valence electrons. The minimum atomic E-state index is 0.679. The lowest BCUT2D eigenvalue weighted by Crippen LogP contribution is -2.16. The first-order valence-corrected chi connectivity index (χ1v) is 8.00. The number of rotatable bonds is 7. The zero-order chi connectivity index (χ0) is 13.8. The van der Waals surface area contributed by atoms with Crippen molar-refractivity contribution in [2.45, 2.75) is 37.0 Å². The molecule has 0 bridgehead atoms.